The number of halogens is 1. The fourth-order valence-corrected chi connectivity index (χ4v) is 4.57. The molecule has 0 aliphatic rings. The van der Waals surface area contributed by atoms with Crippen molar-refractivity contribution in [3.05, 3.63) is 83.0 Å². The van der Waals surface area contributed by atoms with Gasteiger partial charge in [-0.15, -0.1) is 0 Å². The summed E-state index contributed by atoms with van der Waals surface area (Å²) in [4.78, 5) is 0. The van der Waals surface area contributed by atoms with Gasteiger partial charge < -0.3 is 15.8 Å². The molecule has 1 unspecified atom stereocenters. The standard InChI is InChI=1S/C24H24ClN3OS/c1-29-19-11-9-18(10-12-19)17-7-5-16(6-8-17)15-27-14-13-22(26)23-20-3-2-4-21(25)24(20)30-28-23/h2-12,22,27H,13-15,26H2,1H3. The maximum atomic E-state index is 6.39. The Morgan fingerprint density at radius 2 is 1.73 bits per heavy atom. The monoisotopic (exact) mass is 437 g/mol. The first kappa shape index (κ1) is 20.8. The highest BCUT2D eigenvalue weighted by Crippen LogP contribution is 2.32. The van der Waals surface area contributed by atoms with Crippen molar-refractivity contribution in [3.63, 3.8) is 0 Å². The zero-order valence-electron chi connectivity index (χ0n) is 16.8. The molecule has 0 saturated carbocycles. The van der Waals surface area contributed by atoms with E-state index in [0.717, 1.165) is 46.1 Å². The number of aromatic nitrogens is 1. The summed E-state index contributed by atoms with van der Waals surface area (Å²) in [5.74, 6) is 0.867. The Labute approximate surface area is 185 Å². The highest BCUT2D eigenvalue weighted by Gasteiger charge is 2.15. The van der Waals surface area contributed by atoms with Gasteiger partial charge in [0.25, 0.3) is 0 Å². The first-order valence-electron chi connectivity index (χ1n) is 9.89. The van der Waals surface area contributed by atoms with Crippen LogP contribution in [-0.2, 0) is 6.54 Å². The van der Waals surface area contributed by atoms with E-state index in [4.69, 9.17) is 22.1 Å². The maximum Gasteiger partial charge on any atom is 0.118 e. The number of fused-ring (bicyclic) bond motifs is 1. The molecule has 154 valence electrons. The average molecular weight is 438 g/mol. The van der Waals surface area contributed by atoms with E-state index in [2.05, 4.69) is 46.1 Å². The fourth-order valence-electron chi connectivity index (χ4n) is 3.44. The van der Waals surface area contributed by atoms with Gasteiger partial charge in [0.05, 0.1) is 22.5 Å². The lowest BCUT2D eigenvalue weighted by Crippen LogP contribution is -2.21. The summed E-state index contributed by atoms with van der Waals surface area (Å²) in [6.45, 7) is 1.63. The Kier molecular flexibility index (Phi) is 6.65. The molecule has 0 spiro atoms. The van der Waals surface area contributed by atoms with E-state index in [1.54, 1.807) is 7.11 Å². The van der Waals surface area contributed by atoms with Gasteiger partial charge in [0.1, 0.15) is 5.75 Å². The molecule has 4 nitrogen and oxygen atoms in total. The summed E-state index contributed by atoms with van der Waals surface area (Å²) in [6, 6.07) is 22.5. The Morgan fingerprint density at radius 1 is 1.03 bits per heavy atom. The van der Waals surface area contributed by atoms with Crippen LogP contribution in [0, 0.1) is 0 Å². The van der Waals surface area contributed by atoms with E-state index >= 15 is 0 Å². The summed E-state index contributed by atoms with van der Waals surface area (Å²) in [7, 11) is 1.68. The minimum Gasteiger partial charge on any atom is -0.497 e. The van der Waals surface area contributed by atoms with Gasteiger partial charge in [-0.3, -0.25) is 0 Å². The van der Waals surface area contributed by atoms with Crippen molar-refractivity contribution in [1.82, 2.24) is 9.69 Å². The molecule has 3 aromatic carbocycles. The number of nitrogens with zero attached hydrogens (tertiary/aromatic N) is 1. The molecular formula is C24H24ClN3OS. The molecule has 6 heteroatoms. The summed E-state index contributed by atoms with van der Waals surface area (Å²) >= 11 is 7.66. The Hall–Kier alpha value is -2.44. The highest BCUT2D eigenvalue weighted by molar-refractivity contribution is 7.14. The SMILES string of the molecule is COc1ccc(-c2ccc(CNCCC(N)c3nsc4c(Cl)cccc34)cc2)cc1. The van der Waals surface area contributed by atoms with Crippen molar-refractivity contribution in [2.45, 2.75) is 19.0 Å². The van der Waals surface area contributed by atoms with Crippen molar-refractivity contribution in [3.8, 4) is 16.9 Å². The van der Waals surface area contributed by atoms with Crippen LogP contribution in [0.2, 0.25) is 5.02 Å². The van der Waals surface area contributed by atoms with Gasteiger partial charge in [-0.25, -0.2) is 0 Å². The van der Waals surface area contributed by atoms with Gasteiger partial charge >= 0.3 is 0 Å². The smallest absolute Gasteiger partial charge is 0.118 e. The second-order valence-electron chi connectivity index (χ2n) is 7.18. The Balaban J connectivity index is 1.29. The molecule has 4 rings (SSSR count). The third kappa shape index (κ3) is 4.65. The third-order valence-electron chi connectivity index (χ3n) is 5.17. The van der Waals surface area contributed by atoms with E-state index in [1.807, 2.05) is 30.3 Å². The van der Waals surface area contributed by atoms with Gasteiger partial charge in [-0.05, 0) is 59.4 Å². The van der Waals surface area contributed by atoms with Crippen LogP contribution in [0.25, 0.3) is 21.2 Å². The zero-order chi connectivity index (χ0) is 20.9. The molecular weight excluding hydrogens is 414 g/mol. The van der Waals surface area contributed by atoms with E-state index in [-0.39, 0.29) is 6.04 Å². The van der Waals surface area contributed by atoms with Crippen LogP contribution in [0.3, 0.4) is 0 Å². The quantitative estimate of drug-likeness (QED) is 0.342. The first-order chi connectivity index (χ1) is 14.7. The molecule has 0 fully saturated rings. The van der Waals surface area contributed by atoms with Crippen molar-refractivity contribution in [1.29, 1.82) is 0 Å². The Morgan fingerprint density at radius 3 is 2.43 bits per heavy atom. The summed E-state index contributed by atoms with van der Waals surface area (Å²) in [6.07, 6.45) is 0.815. The highest BCUT2D eigenvalue weighted by atomic mass is 35.5. The van der Waals surface area contributed by atoms with Gasteiger partial charge in [0.2, 0.25) is 0 Å². The lowest BCUT2D eigenvalue weighted by molar-refractivity contribution is 0.415. The van der Waals surface area contributed by atoms with Crippen molar-refractivity contribution in [2.24, 2.45) is 5.73 Å². The predicted octanol–water partition coefficient (Wildman–Crippen LogP) is 5.81. The van der Waals surface area contributed by atoms with Crippen LogP contribution < -0.4 is 15.8 Å². The number of nitrogens with two attached hydrogens (primary N) is 1. The number of hydrogen-bond donors (Lipinski definition) is 2. The normalized spacial score (nSPS) is 12.2. The molecule has 3 N–H and O–H groups in total. The van der Waals surface area contributed by atoms with Gasteiger partial charge in [0, 0.05) is 18.0 Å². The van der Waals surface area contributed by atoms with E-state index in [1.165, 1.54) is 28.2 Å². The molecule has 0 bridgehead atoms. The predicted molar refractivity (Wildman–Crippen MR) is 126 cm³/mol. The lowest BCUT2D eigenvalue weighted by Gasteiger charge is -2.11. The number of hydrogen-bond acceptors (Lipinski definition) is 5. The molecule has 1 heterocycles. The molecule has 0 amide bonds. The minimum atomic E-state index is -0.109. The number of ether oxygens (including phenoxy) is 1. The molecule has 1 aromatic heterocycles. The van der Waals surface area contributed by atoms with E-state index in [9.17, 15) is 0 Å². The summed E-state index contributed by atoms with van der Waals surface area (Å²) in [5.41, 5.74) is 10.9. The average Bonchev–Trinajstić information content (AvgIpc) is 3.23. The van der Waals surface area contributed by atoms with E-state index < -0.39 is 0 Å². The third-order valence-corrected chi connectivity index (χ3v) is 6.51. The molecule has 30 heavy (non-hydrogen) atoms. The number of rotatable bonds is 8. The molecule has 0 radical (unpaired) electrons. The van der Waals surface area contributed by atoms with Crippen LogP contribution in [0.5, 0.6) is 5.75 Å². The molecule has 0 aliphatic carbocycles. The van der Waals surface area contributed by atoms with Crippen molar-refractivity contribution >= 4 is 33.2 Å². The number of methoxy groups -OCH3 is 1. The summed E-state index contributed by atoms with van der Waals surface area (Å²) < 4.78 is 10.8. The van der Waals surface area contributed by atoms with Crippen LogP contribution in [0.4, 0.5) is 0 Å². The minimum absolute atomic E-state index is 0.109. The zero-order valence-corrected chi connectivity index (χ0v) is 18.3. The summed E-state index contributed by atoms with van der Waals surface area (Å²) in [5, 5.41) is 5.28. The number of benzene rings is 3. The molecule has 4 aromatic rings. The van der Waals surface area contributed by atoms with Gasteiger partial charge in [-0.1, -0.05) is 60.1 Å². The Bertz CT molecular complexity index is 1110. The van der Waals surface area contributed by atoms with Crippen LogP contribution >= 0.6 is 23.1 Å². The molecule has 0 saturated heterocycles. The molecule has 0 aliphatic heterocycles. The first-order valence-corrected chi connectivity index (χ1v) is 11.0. The molecule has 1 atom stereocenters. The number of nitrogens with one attached hydrogen (secondary N) is 1. The fraction of sp³-hybridized carbons (Fsp3) is 0.208. The second-order valence-corrected chi connectivity index (χ2v) is 8.36. The van der Waals surface area contributed by atoms with Crippen LogP contribution in [0.1, 0.15) is 23.7 Å². The topological polar surface area (TPSA) is 60.2 Å². The largest absolute Gasteiger partial charge is 0.497 e. The second kappa shape index (κ2) is 9.58. The van der Waals surface area contributed by atoms with E-state index in [0.29, 0.717) is 0 Å². The van der Waals surface area contributed by atoms with Crippen LogP contribution in [0.15, 0.2) is 66.7 Å². The lowest BCUT2D eigenvalue weighted by atomic mass is 10.0. The van der Waals surface area contributed by atoms with Crippen LogP contribution in [-0.4, -0.2) is 18.0 Å². The van der Waals surface area contributed by atoms with Gasteiger partial charge in [0.15, 0.2) is 0 Å². The van der Waals surface area contributed by atoms with Crippen molar-refractivity contribution in [2.75, 3.05) is 13.7 Å². The van der Waals surface area contributed by atoms with Crippen molar-refractivity contribution < 1.29 is 4.74 Å². The van der Waals surface area contributed by atoms with Gasteiger partial charge in [-0.2, -0.15) is 4.37 Å². The maximum absolute atomic E-state index is 6.39.